The molecule has 0 unspecified atom stereocenters. The summed E-state index contributed by atoms with van der Waals surface area (Å²) in [7, 11) is 2.24. The first-order chi connectivity index (χ1) is 4.83. The molecular formula is C9H19N. The van der Waals surface area contributed by atoms with Gasteiger partial charge in [-0.2, -0.15) is 0 Å². The highest BCUT2D eigenvalue weighted by molar-refractivity contribution is 4.67. The summed E-state index contributed by atoms with van der Waals surface area (Å²) in [5.41, 5.74) is 0. The highest BCUT2D eigenvalue weighted by atomic mass is 15.1. The Morgan fingerprint density at radius 3 is 2.90 bits per heavy atom. The van der Waals surface area contributed by atoms with E-state index in [0.29, 0.717) is 0 Å². The maximum absolute atomic E-state index is 2.47. The summed E-state index contributed by atoms with van der Waals surface area (Å²) in [6.07, 6.45) is 5.68. The maximum atomic E-state index is 2.47. The molecule has 0 aromatic carbocycles. The predicted molar refractivity (Wildman–Crippen MR) is 45.1 cm³/mol. The van der Waals surface area contributed by atoms with Gasteiger partial charge in [0.2, 0.25) is 0 Å². The van der Waals surface area contributed by atoms with Gasteiger partial charge in [-0.15, -0.1) is 0 Å². The lowest BCUT2D eigenvalue weighted by atomic mass is 10.0. The van der Waals surface area contributed by atoms with Crippen LogP contribution in [0.1, 0.15) is 32.6 Å². The van der Waals surface area contributed by atoms with Crippen LogP contribution in [-0.2, 0) is 0 Å². The van der Waals surface area contributed by atoms with Crippen LogP contribution in [0.4, 0.5) is 0 Å². The molecule has 1 fully saturated rings. The summed E-state index contributed by atoms with van der Waals surface area (Å²) in [6.45, 7) is 4.96. The molecular weight excluding hydrogens is 122 g/mol. The average molecular weight is 141 g/mol. The Bertz CT molecular complexity index is 90.7. The topological polar surface area (TPSA) is 3.24 Å². The fraction of sp³-hybridized carbons (Fsp3) is 1.00. The zero-order valence-electron chi connectivity index (χ0n) is 7.27. The van der Waals surface area contributed by atoms with Gasteiger partial charge < -0.3 is 4.90 Å². The Balaban J connectivity index is 2.30. The Hall–Kier alpha value is -0.0400. The molecule has 0 aromatic rings. The molecule has 0 saturated carbocycles. The summed E-state index contributed by atoms with van der Waals surface area (Å²) in [5, 5.41) is 0. The summed E-state index contributed by atoms with van der Waals surface area (Å²) in [6, 6.07) is 0. The quantitative estimate of drug-likeness (QED) is 0.540. The molecule has 1 atom stereocenters. The number of rotatable bonds is 1. The van der Waals surface area contributed by atoms with Crippen molar-refractivity contribution in [1.29, 1.82) is 0 Å². The van der Waals surface area contributed by atoms with Crippen molar-refractivity contribution in [1.82, 2.24) is 4.90 Å². The molecule has 0 aromatic heterocycles. The standard InChI is InChI=1S/C9H19N/c1-3-9-6-4-5-7-10(2)8-9/h9H,3-8H2,1-2H3/t9-/m0/s1. The van der Waals surface area contributed by atoms with E-state index in [1.54, 1.807) is 0 Å². The molecule has 1 aliphatic rings. The molecule has 1 heteroatoms. The minimum Gasteiger partial charge on any atom is -0.306 e. The molecule has 10 heavy (non-hydrogen) atoms. The SMILES string of the molecule is CC[C@H]1CCCCN(C)C1. The molecule has 1 nitrogen and oxygen atoms in total. The normalized spacial score (nSPS) is 30.0. The molecule has 1 heterocycles. The number of hydrogen-bond donors (Lipinski definition) is 0. The maximum Gasteiger partial charge on any atom is 0.000650 e. The van der Waals surface area contributed by atoms with E-state index in [2.05, 4.69) is 18.9 Å². The third-order valence-corrected chi connectivity index (χ3v) is 2.55. The van der Waals surface area contributed by atoms with E-state index in [-0.39, 0.29) is 0 Å². The van der Waals surface area contributed by atoms with Gasteiger partial charge in [-0.1, -0.05) is 19.8 Å². The smallest absolute Gasteiger partial charge is 0.000650 e. The molecule has 0 spiro atoms. The fourth-order valence-corrected chi connectivity index (χ4v) is 1.77. The summed E-state index contributed by atoms with van der Waals surface area (Å²) in [4.78, 5) is 2.47. The Kier molecular flexibility index (Phi) is 3.20. The second kappa shape index (κ2) is 3.97. The molecule has 1 saturated heterocycles. The Labute approximate surface area is 64.4 Å². The van der Waals surface area contributed by atoms with Gasteiger partial charge in [-0.05, 0) is 32.4 Å². The van der Waals surface area contributed by atoms with Gasteiger partial charge >= 0.3 is 0 Å². The van der Waals surface area contributed by atoms with Crippen LogP contribution < -0.4 is 0 Å². The van der Waals surface area contributed by atoms with Gasteiger partial charge in [-0.3, -0.25) is 0 Å². The second-order valence-electron chi connectivity index (χ2n) is 3.53. The van der Waals surface area contributed by atoms with Crippen LogP contribution in [0.3, 0.4) is 0 Å². The zero-order valence-corrected chi connectivity index (χ0v) is 7.27. The van der Waals surface area contributed by atoms with Gasteiger partial charge in [0.15, 0.2) is 0 Å². The monoisotopic (exact) mass is 141 g/mol. The lowest BCUT2D eigenvalue weighted by Gasteiger charge is -2.17. The van der Waals surface area contributed by atoms with Crippen molar-refractivity contribution in [3.63, 3.8) is 0 Å². The van der Waals surface area contributed by atoms with E-state index in [9.17, 15) is 0 Å². The highest BCUT2D eigenvalue weighted by Gasteiger charge is 2.12. The van der Waals surface area contributed by atoms with Crippen LogP contribution >= 0.6 is 0 Å². The van der Waals surface area contributed by atoms with Crippen molar-refractivity contribution < 1.29 is 0 Å². The first-order valence-electron chi connectivity index (χ1n) is 4.51. The highest BCUT2D eigenvalue weighted by Crippen LogP contribution is 2.17. The summed E-state index contributed by atoms with van der Waals surface area (Å²) < 4.78 is 0. The summed E-state index contributed by atoms with van der Waals surface area (Å²) in [5.74, 6) is 0.979. The van der Waals surface area contributed by atoms with Crippen molar-refractivity contribution >= 4 is 0 Å². The van der Waals surface area contributed by atoms with Gasteiger partial charge in [-0.25, -0.2) is 0 Å². The average Bonchev–Trinajstić information content (AvgIpc) is 2.13. The van der Waals surface area contributed by atoms with Gasteiger partial charge in [0.1, 0.15) is 0 Å². The second-order valence-corrected chi connectivity index (χ2v) is 3.53. The minimum atomic E-state index is 0.979. The van der Waals surface area contributed by atoms with Crippen molar-refractivity contribution in [2.24, 2.45) is 5.92 Å². The molecule has 0 radical (unpaired) electrons. The number of likely N-dealkylation sites (tertiary alicyclic amines) is 1. The lowest BCUT2D eigenvalue weighted by molar-refractivity contribution is 0.295. The van der Waals surface area contributed by atoms with Crippen molar-refractivity contribution in [3.05, 3.63) is 0 Å². The molecule has 0 bridgehead atoms. The third kappa shape index (κ3) is 2.30. The lowest BCUT2D eigenvalue weighted by Crippen LogP contribution is -2.23. The van der Waals surface area contributed by atoms with Gasteiger partial charge in [0.05, 0.1) is 0 Å². The Morgan fingerprint density at radius 1 is 1.40 bits per heavy atom. The van der Waals surface area contributed by atoms with Gasteiger partial charge in [0, 0.05) is 6.54 Å². The molecule has 0 amide bonds. The van der Waals surface area contributed by atoms with E-state index in [0.717, 1.165) is 5.92 Å². The van der Waals surface area contributed by atoms with Crippen LogP contribution in [0.5, 0.6) is 0 Å². The van der Waals surface area contributed by atoms with E-state index >= 15 is 0 Å². The van der Waals surface area contributed by atoms with E-state index in [4.69, 9.17) is 0 Å². The molecule has 1 aliphatic heterocycles. The van der Waals surface area contributed by atoms with Crippen LogP contribution in [0, 0.1) is 5.92 Å². The first kappa shape index (κ1) is 8.06. The van der Waals surface area contributed by atoms with E-state index < -0.39 is 0 Å². The Morgan fingerprint density at radius 2 is 2.20 bits per heavy atom. The predicted octanol–water partition coefficient (Wildman–Crippen LogP) is 2.13. The molecule has 0 aliphatic carbocycles. The van der Waals surface area contributed by atoms with Crippen molar-refractivity contribution in [2.45, 2.75) is 32.6 Å². The van der Waals surface area contributed by atoms with Crippen molar-refractivity contribution in [3.8, 4) is 0 Å². The zero-order chi connectivity index (χ0) is 7.40. The van der Waals surface area contributed by atoms with E-state index in [1.807, 2.05) is 0 Å². The number of hydrogen-bond acceptors (Lipinski definition) is 1. The van der Waals surface area contributed by atoms with Crippen LogP contribution in [-0.4, -0.2) is 25.0 Å². The molecule has 0 N–H and O–H groups in total. The summed E-state index contributed by atoms with van der Waals surface area (Å²) >= 11 is 0. The van der Waals surface area contributed by atoms with Crippen molar-refractivity contribution in [2.75, 3.05) is 20.1 Å². The van der Waals surface area contributed by atoms with Crippen LogP contribution in [0.2, 0.25) is 0 Å². The largest absolute Gasteiger partial charge is 0.306 e. The first-order valence-corrected chi connectivity index (χ1v) is 4.51. The third-order valence-electron chi connectivity index (χ3n) is 2.55. The van der Waals surface area contributed by atoms with Gasteiger partial charge in [0.25, 0.3) is 0 Å². The fourth-order valence-electron chi connectivity index (χ4n) is 1.77. The van der Waals surface area contributed by atoms with E-state index in [1.165, 1.54) is 38.8 Å². The minimum absolute atomic E-state index is 0.979. The molecule has 1 rings (SSSR count). The van der Waals surface area contributed by atoms with Crippen LogP contribution in [0.25, 0.3) is 0 Å². The number of nitrogens with zero attached hydrogens (tertiary/aromatic N) is 1. The van der Waals surface area contributed by atoms with Crippen LogP contribution in [0.15, 0.2) is 0 Å². The molecule has 60 valence electrons.